The highest BCUT2D eigenvalue weighted by molar-refractivity contribution is 5.91. The van der Waals surface area contributed by atoms with Gasteiger partial charge in [-0.25, -0.2) is 0 Å². The predicted molar refractivity (Wildman–Crippen MR) is 101 cm³/mol. The van der Waals surface area contributed by atoms with Crippen molar-refractivity contribution < 1.29 is 9.72 Å². The fourth-order valence-corrected chi connectivity index (χ4v) is 3.00. The lowest BCUT2D eigenvalue weighted by atomic mass is 9.85. The molecule has 0 unspecified atom stereocenters. The summed E-state index contributed by atoms with van der Waals surface area (Å²) >= 11 is 0. The summed E-state index contributed by atoms with van der Waals surface area (Å²) in [6, 6.07) is 16.2. The maximum absolute atomic E-state index is 12.7. The van der Waals surface area contributed by atoms with Crippen LogP contribution in [0.1, 0.15) is 30.4 Å². The van der Waals surface area contributed by atoms with E-state index in [1.807, 2.05) is 35.2 Å². The highest BCUT2D eigenvalue weighted by Crippen LogP contribution is 2.27. The molecule has 0 radical (unpaired) electrons. The molecule has 2 aromatic carbocycles. The Kier molecular flexibility index (Phi) is 5.79. The first-order valence-corrected chi connectivity index (χ1v) is 8.87. The Labute approximate surface area is 153 Å². The van der Waals surface area contributed by atoms with E-state index < -0.39 is 4.92 Å². The Morgan fingerprint density at radius 3 is 2.38 bits per heavy atom. The molecular weight excluding hydrogens is 328 g/mol. The number of benzene rings is 2. The SMILES string of the molecule is O=C(/C=C/c1ccc([N+](=O)[O-])cc1)N(Cc1ccccc1)CC1CCC1. The van der Waals surface area contributed by atoms with Gasteiger partial charge >= 0.3 is 0 Å². The van der Waals surface area contributed by atoms with Gasteiger partial charge in [-0.2, -0.15) is 0 Å². The van der Waals surface area contributed by atoms with Crippen LogP contribution in [0.4, 0.5) is 5.69 Å². The summed E-state index contributed by atoms with van der Waals surface area (Å²) in [5.41, 5.74) is 1.93. The van der Waals surface area contributed by atoms with Gasteiger partial charge in [0.15, 0.2) is 0 Å². The minimum absolute atomic E-state index is 0.0286. The standard InChI is InChI=1S/C21H22N2O3/c24-21(14-11-17-9-12-20(13-10-17)23(25)26)22(16-19-7-4-8-19)15-18-5-2-1-3-6-18/h1-3,5-6,9-14,19H,4,7-8,15-16H2/b14-11+. The van der Waals surface area contributed by atoms with Crippen LogP contribution in [-0.2, 0) is 11.3 Å². The molecule has 1 amide bonds. The summed E-state index contributed by atoms with van der Waals surface area (Å²) in [6.45, 7) is 1.37. The molecule has 0 N–H and O–H groups in total. The molecule has 0 aliphatic heterocycles. The van der Waals surface area contributed by atoms with Gasteiger partial charge in [0.05, 0.1) is 4.92 Å². The summed E-state index contributed by atoms with van der Waals surface area (Å²) in [7, 11) is 0. The number of amides is 1. The van der Waals surface area contributed by atoms with Crippen LogP contribution < -0.4 is 0 Å². The van der Waals surface area contributed by atoms with Crippen LogP contribution in [0.15, 0.2) is 60.7 Å². The van der Waals surface area contributed by atoms with Crippen LogP contribution in [0.5, 0.6) is 0 Å². The number of carbonyl (C=O) groups is 1. The Morgan fingerprint density at radius 2 is 1.81 bits per heavy atom. The maximum Gasteiger partial charge on any atom is 0.269 e. The van der Waals surface area contributed by atoms with E-state index in [4.69, 9.17) is 0 Å². The second kappa shape index (κ2) is 8.43. The van der Waals surface area contributed by atoms with Crippen molar-refractivity contribution in [2.75, 3.05) is 6.54 Å². The third kappa shape index (κ3) is 4.79. The van der Waals surface area contributed by atoms with Crippen LogP contribution in [0.3, 0.4) is 0 Å². The summed E-state index contributed by atoms with van der Waals surface area (Å²) in [4.78, 5) is 24.9. The van der Waals surface area contributed by atoms with E-state index in [9.17, 15) is 14.9 Å². The Bertz CT molecular complexity index is 781. The monoisotopic (exact) mass is 350 g/mol. The van der Waals surface area contributed by atoms with E-state index in [-0.39, 0.29) is 11.6 Å². The van der Waals surface area contributed by atoms with E-state index in [1.54, 1.807) is 24.3 Å². The highest BCUT2D eigenvalue weighted by atomic mass is 16.6. The first-order valence-electron chi connectivity index (χ1n) is 8.87. The number of carbonyl (C=O) groups excluding carboxylic acids is 1. The normalized spacial score (nSPS) is 14.2. The zero-order chi connectivity index (χ0) is 18.4. The number of non-ortho nitro benzene ring substituents is 1. The Balaban J connectivity index is 1.68. The van der Waals surface area contributed by atoms with Crippen molar-refractivity contribution in [3.63, 3.8) is 0 Å². The molecule has 0 saturated heterocycles. The molecule has 0 atom stereocenters. The molecule has 0 heterocycles. The van der Waals surface area contributed by atoms with E-state index >= 15 is 0 Å². The predicted octanol–water partition coefficient (Wildman–Crippen LogP) is 4.44. The second-order valence-corrected chi connectivity index (χ2v) is 6.68. The third-order valence-corrected chi connectivity index (χ3v) is 4.75. The third-order valence-electron chi connectivity index (χ3n) is 4.75. The van der Waals surface area contributed by atoms with Crippen molar-refractivity contribution in [3.8, 4) is 0 Å². The van der Waals surface area contributed by atoms with E-state index in [0.29, 0.717) is 12.5 Å². The second-order valence-electron chi connectivity index (χ2n) is 6.68. The number of hydrogen-bond acceptors (Lipinski definition) is 3. The van der Waals surface area contributed by atoms with Gasteiger partial charge in [-0.1, -0.05) is 36.8 Å². The van der Waals surface area contributed by atoms with Gasteiger partial charge in [0, 0.05) is 31.3 Å². The lowest BCUT2D eigenvalue weighted by molar-refractivity contribution is -0.384. The van der Waals surface area contributed by atoms with Gasteiger partial charge in [0.2, 0.25) is 5.91 Å². The van der Waals surface area contributed by atoms with Crippen molar-refractivity contribution in [1.82, 2.24) is 4.90 Å². The van der Waals surface area contributed by atoms with Crippen molar-refractivity contribution in [2.45, 2.75) is 25.8 Å². The maximum atomic E-state index is 12.7. The van der Waals surface area contributed by atoms with Gasteiger partial charge in [-0.3, -0.25) is 14.9 Å². The quantitative estimate of drug-likeness (QED) is 0.421. The molecular formula is C21H22N2O3. The Morgan fingerprint density at radius 1 is 1.12 bits per heavy atom. The van der Waals surface area contributed by atoms with Gasteiger partial charge < -0.3 is 4.90 Å². The molecule has 5 nitrogen and oxygen atoms in total. The van der Waals surface area contributed by atoms with Crippen LogP contribution in [0.2, 0.25) is 0 Å². The molecule has 0 aromatic heterocycles. The van der Waals surface area contributed by atoms with Gasteiger partial charge in [-0.15, -0.1) is 0 Å². The van der Waals surface area contributed by atoms with Crippen LogP contribution >= 0.6 is 0 Å². The van der Waals surface area contributed by atoms with Crippen molar-refractivity contribution in [1.29, 1.82) is 0 Å². The molecule has 1 aliphatic rings. The zero-order valence-electron chi connectivity index (χ0n) is 14.6. The molecule has 0 spiro atoms. The molecule has 3 rings (SSSR count). The molecule has 5 heteroatoms. The fraction of sp³-hybridized carbons (Fsp3) is 0.286. The topological polar surface area (TPSA) is 63.4 Å². The van der Waals surface area contributed by atoms with E-state index in [0.717, 1.165) is 17.7 Å². The summed E-state index contributed by atoms with van der Waals surface area (Å²) in [5.74, 6) is 0.564. The van der Waals surface area contributed by atoms with E-state index in [1.165, 1.54) is 31.4 Å². The zero-order valence-corrected chi connectivity index (χ0v) is 14.6. The highest BCUT2D eigenvalue weighted by Gasteiger charge is 2.22. The smallest absolute Gasteiger partial charge is 0.269 e. The van der Waals surface area contributed by atoms with Crippen LogP contribution in [-0.4, -0.2) is 22.3 Å². The summed E-state index contributed by atoms with van der Waals surface area (Å²) < 4.78 is 0. The molecule has 0 bridgehead atoms. The lowest BCUT2D eigenvalue weighted by Crippen LogP contribution is -2.36. The molecule has 2 aromatic rings. The minimum atomic E-state index is -0.432. The number of nitrogens with zero attached hydrogens (tertiary/aromatic N) is 2. The van der Waals surface area contributed by atoms with Gasteiger partial charge in [-0.05, 0) is 48.1 Å². The van der Waals surface area contributed by atoms with E-state index in [2.05, 4.69) is 0 Å². The summed E-state index contributed by atoms with van der Waals surface area (Å²) in [5, 5.41) is 10.7. The van der Waals surface area contributed by atoms with Crippen molar-refractivity contribution >= 4 is 17.7 Å². The van der Waals surface area contributed by atoms with Gasteiger partial charge in [0.25, 0.3) is 5.69 Å². The largest absolute Gasteiger partial charge is 0.335 e. The fourth-order valence-electron chi connectivity index (χ4n) is 3.00. The van der Waals surface area contributed by atoms with Gasteiger partial charge in [0.1, 0.15) is 0 Å². The Hall–Kier alpha value is -2.95. The molecule has 1 fully saturated rings. The molecule has 1 aliphatic carbocycles. The minimum Gasteiger partial charge on any atom is -0.335 e. The number of nitro benzene ring substituents is 1. The average molecular weight is 350 g/mol. The number of nitro groups is 1. The molecule has 26 heavy (non-hydrogen) atoms. The first kappa shape index (κ1) is 17.9. The lowest BCUT2D eigenvalue weighted by Gasteiger charge is -2.32. The molecule has 1 saturated carbocycles. The van der Waals surface area contributed by atoms with Crippen LogP contribution in [0, 0.1) is 16.0 Å². The van der Waals surface area contributed by atoms with Crippen LogP contribution in [0.25, 0.3) is 6.08 Å². The number of hydrogen-bond donors (Lipinski definition) is 0. The van der Waals surface area contributed by atoms with Crippen molar-refractivity contribution in [2.24, 2.45) is 5.92 Å². The number of rotatable bonds is 7. The summed E-state index contributed by atoms with van der Waals surface area (Å²) in [6.07, 6.45) is 6.89. The molecule has 134 valence electrons. The first-order chi connectivity index (χ1) is 12.6. The van der Waals surface area contributed by atoms with Crippen molar-refractivity contribution in [3.05, 3.63) is 81.9 Å². The average Bonchev–Trinajstić information content (AvgIpc) is 2.62.